The Morgan fingerprint density at radius 3 is 1.95 bits per heavy atom. The lowest BCUT2D eigenvalue weighted by atomic mass is 9.92. The Kier molecular flexibility index (Phi) is 14.6. The molecule has 1 rings (SSSR count). The van der Waals surface area contributed by atoms with Crippen LogP contribution in [-0.4, -0.2) is 29.9 Å². The summed E-state index contributed by atoms with van der Waals surface area (Å²) in [5.74, 6) is 1.05. The number of rotatable bonds is 6. The molecule has 20 heavy (non-hydrogen) atoms. The minimum Gasteiger partial charge on any atom is -0.368 e. The molecule has 1 aliphatic heterocycles. The van der Waals surface area contributed by atoms with Crippen molar-refractivity contribution in [3.05, 3.63) is 0 Å². The second-order valence-corrected chi connectivity index (χ2v) is 4.98. The van der Waals surface area contributed by atoms with Gasteiger partial charge in [0.05, 0.1) is 6.04 Å². The van der Waals surface area contributed by atoms with Crippen molar-refractivity contribution in [2.24, 2.45) is 17.6 Å². The molecule has 0 aliphatic carbocycles. The van der Waals surface area contributed by atoms with Crippen molar-refractivity contribution in [1.82, 2.24) is 4.90 Å². The summed E-state index contributed by atoms with van der Waals surface area (Å²) in [5.41, 5.74) is 5.57. The van der Waals surface area contributed by atoms with Crippen LogP contribution < -0.4 is 5.73 Å². The Hall–Kier alpha value is -0.570. The van der Waals surface area contributed by atoms with Crippen molar-refractivity contribution < 1.29 is 4.79 Å². The SMILES string of the molecule is CC.CC.CCC1CCN(C(C(N)=O)C(CC)CC)C1. The van der Waals surface area contributed by atoms with E-state index < -0.39 is 0 Å². The lowest BCUT2D eigenvalue weighted by Gasteiger charge is -2.31. The summed E-state index contributed by atoms with van der Waals surface area (Å²) in [7, 11) is 0. The fraction of sp³-hybridized carbons (Fsp3) is 0.941. The van der Waals surface area contributed by atoms with Crippen molar-refractivity contribution in [3.8, 4) is 0 Å². The van der Waals surface area contributed by atoms with Crippen LogP contribution in [0.15, 0.2) is 0 Å². The van der Waals surface area contributed by atoms with Crippen molar-refractivity contribution in [3.63, 3.8) is 0 Å². The molecule has 0 bridgehead atoms. The summed E-state index contributed by atoms with van der Waals surface area (Å²) in [5, 5.41) is 0. The van der Waals surface area contributed by atoms with Gasteiger partial charge in [-0.05, 0) is 24.8 Å². The van der Waals surface area contributed by atoms with E-state index in [-0.39, 0.29) is 11.9 Å². The normalized spacial score (nSPS) is 19.7. The molecule has 1 amide bonds. The molecule has 1 heterocycles. The maximum Gasteiger partial charge on any atom is 0.235 e. The highest BCUT2D eigenvalue weighted by atomic mass is 16.1. The Morgan fingerprint density at radius 2 is 1.65 bits per heavy atom. The first-order valence-electron chi connectivity index (χ1n) is 8.67. The van der Waals surface area contributed by atoms with Crippen LogP contribution in [0, 0.1) is 11.8 Å². The van der Waals surface area contributed by atoms with E-state index in [4.69, 9.17) is 5.73 Å². The van der Waals surface area contributed by atoms with Gasteiger partial charge in [0.15, 0.2) is 0 Å². The van der Waals surface area contributed by atoms with Gasteiger partial charge < -0.3 is 5.73 Å². The lowest BCUT2D eigenvalue weighted by Crippen LogP contribution is -2.48. The molecule has 0 aromatic rings. The number of nitrogens with zero attached hydrogens (tertiary/aromatic N) is 1. The molecule has 0 aromatic carbocycles. The molecule has 2 atom stereocenters. The predicted molar refractivity (Wildman–Crippen MR) is 89.7 cm³/mol. The van der Waals surface area contributed by atoms with Crippen molar-refractivity contribution >= 4 is 5.91 Å². The first kappa shape index (κ1) is 21.7. The molecule has 2 N–H and O–H groups in total. The fourth-order valence-corrected chi connectivity index (χ4v) is 2.89. The first-order valence-corrected chi connectivity index (χ1v) is 8.67. The zero-order valence-corrected chi connectivity index (χ0v) is 14.9. The number of primary amides is 1. The van der Waals surface area contributed by atoms with Gasteiger partial charge in [0.25, 0.3) is 0 Å². The summed E-state index contributed by atoms with van der Waals surface area (Å²) in [4.78, 5) is 13.9. The summed E-state index contributed by atoms with van der Waals surface area (Å²) in [6, 6.07) is -0.0356. The number of hydrogen-bond acceptors (Lipinski definition) is 2. The minimum absolute atomic E-state index is 0.0356. The van der Waals surface area contributed by atoms with E-state index >= 15 is 0 Å². The highest BCUT2D eigenvalue weighted by Crippen LogP contribution is 2.26. The van der Waals surface area contributed by atoms with Gasteiger partial charge in [-0.2, -0.15) is 0 Å². The van der Waals surface area contributed by atoms with Crippen LogP contribution in [-0.2, 0) is 4.79 Å². The van der Waals surface area contributed by atoms with Crippen LogP contribution in [0.3, 0.4) is 0 Å². The summed E-state index contributed by atoms with van der Waals surface area (Å²) < 4.78 is 0. The van der Waals surface area contributed by atoms with Gasteiger partial charge in [0.2, 0.25) is 5.91 Å². The van der Waals surface area contributed by atoms with Crippen LogP contribution in [0.25, 0.3) is 0 Å². The smallest absolute Gasteiger partial charge is 0.235 e. The quantitative estimate of drug-likeness (QED) is 0.800. The lowest BCUT2D eigenvalue weighted by molar-refractivity contribution is -0.125. The third-order valence-electron chi connectivity index (χ3n) is 4.07. The van der Waals surface area contributed by atoms with Crippen molar-refractivity contribution in [1.29, 1.82) is 0 Å². The van der Waals surface area contributed by atoms with Crippen LogP contribution in [0.2, 0.25) is 0 Å². The van der Waals surface area contributed by atoms with E-state index in [0.29, 0.717) is 5.92 Å². The van der Waals surface area contributed by atoms with Gasteiger partial charge in [-0.25, -0.2) is 0 Å². The molecule has 122 valence electrons. The maximum atomic E-state index is 11.6. The van der Waals surface area contributed by atoms with Crippen molar-refractivity contribution in [2.45, 2.75) is 80.2 Å². The highest BCUT2D eigenvalue weighted by molar-refractivity contribution is 5.80. The first-order chi connectivity index (χ1) is 9.63. The monoisotopic (exact) mass is 286 g/mol. The Labute approximate surface area is 127 Å². The van der Waals surface area contributed by atoms with Crippen LogP contribution in [0.5, 0.6) is 0 Å². The van der Waals surface area contributed by atoms with Crippen molar-refractivity contribution in [2.75, 3.05) is 13.1 Å². The van der Waals surface area contributed by atoms with E-state index in [1.54, 1.807) is 0 Å². The van der Waals surface area contributed by atoms with Gasteiger partial charge in [0, 0.05) is 6.54 Å². The van der Waals surface area contributed by atoms with Gasteiger partial charge in [-0.15, -0.1) is 0 Å². The number of hydrogen-bond donors (Lipinski definition) is 1. The Balaban J connectivity index is 0. The van der Waals surface area contributed by atoms with Crippen LogP contribution in [0.4, 0.5) is 0 Å². The van der Waals surface area contributed by atoms with E-state index in [9.17, 15) is 4.79 Å². The van der Waals surface area contributed by atoms with Gasteiger partial charge >= 0.3 is 0 Å². The van der Waals surface area contributed by atoms with Crippen LogP contribution >= 0.6 is 0 Å². The van der Waals surface area contributed by atoms with Gasteiger partial charge in [-0.1, -0.05) is 67.7 Å². The summed E-state index contributed by atoms with van der Waals surface area (Å²) in [6.07, 6.45) is 4.51. The number of carbonyl (C=O) groups excluding carboxylic acids is 1. The molecule has 0 spiro atoms. The van der Waals surface area contributed by atoms with E-state index in [1.807, 2.05) is 27.7 Å². The number of nitrogens with two attached hydrogens (primary N) is 1. The Morgan fingerprint density at radius 1 is 1.15 bits per heavy atom. The zero-order valence-electron chi connectivity index (χ0n) is 14.9. The predicted octanol–water partition coefficient (Wildman–Crippen LogP) is 4.06. The second-order valence-electron chi connectivity index (χ2n) is 4.98. The average Bonchev–Trinajstić information content (AvgIpc) is 2.96. The van der Waals surface area contributed by atoms with Gasteiger partial charge in [0.1, 0.15) is 0 Å². The molecule has 3 heteroatoms. The van der Waals surface area contributed by atoms with Crippen LogP contribution in [0.1, 0.15) is 74.1 Å². The third-order valence-corrected chi connectivity index (χ3v) is 4.07. The largest absolute Gasteiger partial charge is 0.368 e. The second kappa shape index (κ2) is 13.4. The molecule has 1 fully saturated rings. The molecule has 0 saturated carbocycles. The Bertz CT molecular complexity index is 227. The summed E-state index contributed by atoms with van der Waals surface area (Å²) in [6.45, 7) is 16.6. The molecule has 3 nitrogen and oxygen atoms in total. The molecule has 1 aliphatic rings. The van der Waals surface area contributed by atoms with E-state index in [0.717, 1.165) is 31.8 Å². The third kappa shape index (κ3) is 6.74. The van der Waals surface area contributed by atoms with E-state index in [1.165, 1.54) is 12.8 Å². The number of amides is 1. The maximum absolute atomic E-state index is 11.6. The zero-order chi connectivity index (χ0) is 16.1. The molecule has 0 radical (unpaired) electrons. The number of carbonyl (C=O) groups is 1. The molecule has 2 unspecified atom stereocenters. The van der Waals surface area contributed by atoms with E-state index in [2.05, 4.69) is 25.7 Å². The average molecular weight is 287 g/mol. The number of likely N-dealkylation sites (tertiary alicyclic amines) is 1. The molecular formula is C17H38N2O. The molecule has 0 aromatic heterocycles. The summed E-state index contributed by atoms with van der Waals surface area (Å²) >= 11 is 0. The standard InChI is InChI=1S/C13H26N2O.2C2H6/c1-4-10-7-8-15(9-10)12(13(14)16)11(5-2)6-3;2*1-2/h10-12H,4-9H2,1-3H3,(H2,14,16);2*1-2H3. The topological polar surface area (TPSA) is 46.3 Å². The fourth-order valence-electron chi connectivity index (χ4n) is 2.89. The molecular weight excluding hydrogens is 248 g/mol. The molecule has 1 saturated heterocycles. The minimum atomic E-state index is -0.134. The van der Waals surface area contributed by atoms with Gasteiger partial charge in [-0.3, -0.25) is 9.69 Å². The highest BCUT2D eigenvalue weighted by Gasteiger charge is 2.34.